The van der Waals surface area contributed by atoms with Crippen LogP contribution in [0.3, 0.4) is 0 Å². The van der Waals surface area contributed by atoms with Gasteiger partial charge >= 0.3 is 0 Å². The Balaban J connectivity index is 2.10. The molecule has 1 nitrogen and oxygen atoms in total. The average molecular weight is 251 g/mol. The van der Waals surface area contributed by atoms with Crippen molar-refractivity contribution in [1.29, 1.82) is 0 Å². The largest absolute Gasteiger partial charge is 0.399 e. The van der Waals surface area contributed by atoms with Crippen molar-refractivity contribution in [2.45, 2.75) is 10.6 Å². The fourth-order valence-electron chi connectivity index (χ4n) is 1.44. The van der Waals surface area contributed by atoms with Crippen molar-refractivity contribution in [2.24, 2.45) is 0 Å². The van der Waals surface area contributed by atoms with E-state index >= 15 is 0 Å². The van der Waals surface area contributed by atoms with Crippen LogP contribution in [0.2, 0.25) is 0 Å². The van der Waals surface area contributed by atoms with Gasteiger partial charge in [-0.3, -0.25) is 0 Å². The average Bonchev–Trinajstić information content (AvgIpc) is 2.27. The topological polar surface area (TPSA) is 26.0 Å². The predicted molar refractivity (Wildman–Crippen MR) is 66.8 cm³/mol. The lowest BCUT2D eigenvalue weighted by Crippen LogP contribution is -1.89. The van der Waals surface area contributed by atoms with Crippen LogP contribution in [-0.4, -0.2) is 0 Å². The van der Waals surface area contributed by atoms with Crippen molar-refractivity contribution < 1.29 is 8.78 Å². The molecule has 17 heavy (non-hydrogen) atoms. The van der Waals surface area contributed by atoms with Gasteiger partial charge in [-0.15, -0.1) is 11.8 Å². The zero-order valence-electron chi connectivity index (χ0n) is 8.99. The Kier molecular flexibility index (Phi) is 3.64. The van der Waals surface area contributed by atoms with Crippen molar-refractivity contribution in [3.05, 3.63) is 59.7 Å². The summed E-state index contributed by atoms with van der Waals surface area (Å²) in [5, 5.41) is 0. The van der Waals surface area contributed by atoms with Gasteiger partial charge in [0.15, 0.2) is 0 Å². The SMILES string of the molecule is Nc1cc(F)cc(SCc2ccccc2F)c1. The van der Waals surface area contributed by atoms with E-state index in [1.807, 2.05) is 0 Å². The fourth-order valence-corrected chi connectivity index (χ4v) is 2.42. The number of hydrogen-bond acceptors (Lipinski definition) is 2. The van der Waals surface area contributed by atoms with Gasteiger partial charge in [0.25, 0.3) is 0 Å². The van der Waals surface area contributed by atoms with Crippen LogP contribution < -0.4 is 5.73 Å². The maximum atomic E-state index is 13.3. The summed E-state index contributed by atoms with van der Waals surface area (Å²) in [7, 11) is 0. The van der Waals surface area contributed by atoms with Crippen LogP contribution in [0.5, 0.6) is 0 Å². The summed E-state index contributed by atoms with van der Waals surface area (Å²) in [6.45, 7) is 0. The van der Waals surface area contributed by atoms with Crippen LogP contribution in [0, 0.1) is 11.6 Å². The summed E-state index contributed by atoms with van der Waals surface area (Å²) in [6, 6.07) is 10.9. The lowest BCUT2D eigenvalue weighted by Gasteiger charge is -2.04. The molecule has 0 aliphatic carbocycles. The van der Waals surface area contributed by atoms with Crippen LogP contribution in [0.4, 0.5) is 14.5 Å². The number of nitrogen functional groups attached to an aromatic ring is 1. The van der Waals surface area contributed by atoms with E-state index in [2.05, 4.69) is 0 Å². The number of nitrogens with two attached hydrogens (primary N) is 1. The maximum Gasteiger partial charge on any atom is 0.127 e. The van der Waals surface area contributed by atoms with Crippen molar-refractivity contribution >= 4 is 17.4 Å². The molecule has 0 spiro atoms. The second kappa shape index (κ2) is 5.19. The smallest absolute Gasteiger partial charge is 0.127 e. The molecule has 0 fully saturated rings. The van der Waals surface area contributed by atoms with Gasteiger partial charge in [0, 0.05) is 16.3 Å². The molecule has 0 bridgehead atoms. The molecule has 0 aromatic heterocycles. The van der Waals surface area contributed by atoms with E-state index in [1.54, 1.807) is 24.3 Å². The molecule has 0 amide bonds. The highest BCUT2D eigenvalue weighted by molar-refractivity contribution is 7.98. The number of thioether (sulfide) groups is 1. The molecule has 2 rings (SSSR count). The number of hydrogen-bond donors (Lipinski definition) is 1. The highest BCUT2D eigenvalue weighted by Crippen LogP contribution is 2.26. The second-order valence-electron chi connectivity index (χ2n) is 3.60. The van der Waals surface area contributed by atoms with Gasteiger partial charge in [-0.2, -0.15) is 0 Å². The lowest BCUT2D eigenvalue weighted by atomic mass is 10.2. The Bertz CT molecular complexity index is 508. The minimum atomic E-state index is -0.374. The molecule has 0 saturated heterocycles. The molecule has 2 N–H and O–H groups in total. The maximum absolute atomic E-state index is 13.3. The van der Waals surface area contributed by atoms with E-state index in [-0.39, 0.29) is 11.6 Å². The molecule has 0 unspecified atom stereocenters. The summed E-state index contributed by atoms with van der Waals surface area (Å²) in [6.07, 6.45) is 0. The highest BCUT2D eigenvalue weighted by atomic mass is 32.2. The van der Waals surface area contributed by atoms with E-state index in [0.717, 1.165) is 0 Å². The van der Waals surface area contributed by atoms with E-state index < -0.39 is 0 Å². The van der Waals surface area contributed by atoms with E-state index in [1.165, 1.54) is 30.0 Å². The molecule has 0 radical (unpaired) electrons. The molecule has 4 heteroatoms. The summed E-state index contributed by atoms with van der Waals surface area (Å²) in [4.78, 5) is 0.700. The minimum absolute atomic E-state index is 0.246. The summed E-state index contributed by atoms with van der Waals surface area (Å²) in [5.41, 5.74) is 6.50. The molecule has 0 saturated carbocycles. The molecule has 0 aliphatic rings. The first-order valence-electron chi connectivity index (χ1n) is 5.07. The minimum Gasteiger partial charge on any atom is -0.399 e. The third-order valence-corrected chi connectivity index (χ3v) is 3.27. The van der Waals surface area contributed by atoms with Gasteiger partial charge < -0.3 is 5.73 Å². The third-order valence-electron chi connectivity index (χ3n) is 2.25. The zero-order chi connectivity index (χ0) is 12.3. The first kappa shape index (κ1) is 11.9. The van der Waals surface area contributed by atoms with Gasteiger partial charge in [0.2, 0.25) is 0 Å². The van der Waals surface area contributed by atoms with Crippen LogP contribution in [-0.2, 0) is 5.75 Å². The normalized spacial score (nSPS) is 10.5. The van der Waals surface area contributed by atoms with E-state index in [0.29, 0.717) is 21.9 Å². The monoisotopic (exact) mass is 251 g/mol. The van der Waals surface area contributed by atoms with Crippen LogP contribution in [0.15, 0.2) is 47.4 Å². The molecule has 88 valence electrons. The van der Waals surface area contributed by atoms with Gasteiger partial charge in [0.05, 0.1) is 0 Å². The Hall–Kier alpha value is -1.55. The van der Waals surface area contributed by atoms with Gasteiger partial charge in [0.1, 0.15) is 11.6 Å². The molecule has 0 heterocycles. The van der Waals surface area contributed by atoms with E-state index in [4.69, 9.17) is 5.73 Å². The molecular formula is C13H11F2NS. The molecule has 2 aromatic rings. The van der Waals surface area contributed by atoms with Crippen molar-refractivity contribution in [2.75, 3.05) is 5.73 Å². The van der Waals surface area contributed by atoms with Crippen LogP contribution in [0.1, 0.15) is 5.56 Å². The number of rotatable bonds is 3. The lowest BCUT2D eigenvalue weighted by molar-refractivity contribution is 0.617. The first-order chi connectivity index (χ1) is 8.15. The van der Waals surface area contributed by atoms with Gasteiger partial charge in [-0.25, -0.2) is 8.78 Å². The zero-order valence-corrected chi connectivity index (χ0v) is 9.81. The molecular weight excluding hydrogens is 240 g/mol. The Labute approximate surface area is 103 Å². The van der Waals surface area contributed by atoms with Crippen LogP contribution in [0.25, 0.3) is 0 Å². The van der Waals surface area contributed by atoms with Gasteiger partial charge in [-0.1, -0.05) is 18.2 Å². The predicted octanol–water partition coefficient (Wildman–Crippen LogP) is 3.84. The summed E-state index contributed by atoms with van der Waals surface area (Å²) >= 11 is 1.36. The Morgan fingerprint density at radius 3 is 2.53 bits per heavy atom. The standard InChI is InChI=1S/C13H11F2NS/c14-10-5-11(16)7-12(6-10)17-8-9-3-1-2-4-13(9)15/h1-7H,8,16H2. The number of benzene rings is 2. The third kappa shape index (κ3) is 3.20. The quantitative estimate of drug-likeness (QED) is 0.662. The van der Waals surface area contributed by atoms with E-state index in [9.17, 15) is 8.78 Å². The van der Waals surface area contributed by atoms with Crippen molar-refractivity contribution in [3.63, 3.8) is 0 Å². The number of anilines is 1. The molecule has 0 atom stereocenters. The second-order valence-corrected chi connectivity index (χ2v) is 4.65. The number of halogens is 2. The Morgan fingerprint density at radius 2 is 1.82 bits per heavy atom. The summed E-state index contributed by atoms with van der Waals surface area (Å²) in [5.74, 6) is -0.166. The fraction of sp³-hybridized carbons (Fsp3) is 0.0769. The molecule has 0 aliphatic heterocycles. The first-order valence-corrected chi connectivity index (χ1v) is 6.06. The Morgan fingerprint density at radius 1 is 1.06 bits per heavy atom. The van der Waals surface area contributed by atoms with Crippen LogP contribution >= 0.6 is 11.8 Å². The highest BCUT2D eigenvalue weighted by Gasteiger charge is 2.03. The van der Waals surface area contributed by atoms with Crippen molar-refractivity contribution in [1.82, 2.24) is 0 Å². The molecule has 2 aromatic carbocycles. The van der Waals surface area contributed by atoms with Crippen molar-refractivity contribution in [3.8, 4) is 0 Å². The van der Waals surface area contributed by atoms with Gasteiger partial charge in [-0.05, 0) is 29.8 Å². The summed E-state index contributed by atoms with van der Waals surface area (Å²) < 4.78 is 26.4.